The van der Waals surface area contributed by atoms with Gasteiger partial charge < -0.3 is 53.2 Å². The maximum absolute atomic E-state index is 14.0. The van der Waals surface area contributed by atoms with Crippen molar-refractivity contribution in [1.82, 2.24) is 0 Å². The second kappa shape index (κ2) is 9.67. The van der Waals surface area contributed by atoms with Gasteiger partial charge in [-0.1, -0.05) is 20.8 Å². The van der Waals surface area contributed by atoms with Crippen molar-refractivity contribution >= 4 is 17.9 Å². The third-order valence-corrected chi connectivity index (χ3v) is 13.4. The second-order valence-electron chi connectivity index (χ2n) is 15.7. The summed E-state index contributed by atoms with van der Waals surface area (Å²) in [7, 11) is 1.23. The van der Waals surface area contributed by atoms with E-state index in [0.717, 1.165) is 0 Å². The predicted molar refractivity (Wildman–Crippen MR) is 153 cm³/mol. The number of aliphatic hydroxyl groups excluding tert-OH is 2. The minimum Gasteiger partial charge on any atom is -0.469 e. The van der Waals surface area contributed by atoms with Crippen LogP contribution < -0.4 is 0 Å². The Morgan fingerprint density at radius 2 is 1.77 bits per heavy atom. The number of aliphatic hydroxyl groups is 3. The molecule has 5 aliphatic heterocycles. The Kier molecular flexibility index (Phi) is 6.57. The normalized spacial score (nSPS) is 55.8. The number of carbonyl (C=O) groups is 3. The van der Waals surface area contributed by atoms with E-state index in [-0.39, 0.29) is 32.0 Å². The van der Waals surface area contributed by atoms with Crippen LogP contribution in [-0.2, 0) is 52.3 Å². The van der Waals surface area contributed by atoms with Gasteiger partial charge in [0.1, 0.15) is 28.8 Å². The van der Waals surface area contributed by atoms with Gasteiger partial charge in [-0.2, -0.15) is 0 Å². The van der Waals surface area contributed by atoms with Crippen LogP contribution >= 0.6 is 0 Å². The van der Waals surface area contributed by atoms with Crippen LogP contribution in [0.4, 0.5) is 0 Å². The van der Waals surface area contributed by atoms with Crippen LogP contribution in [0.1, 0.15) is 53.9 Å². The molecule has 16 atom stereocenters. The van der Waals surface area contributed by atoms with E-state index in [9.17, 15) is 29.7 Å². The maximum Gasteiger partial charge on any atom is 0.318 e. The van der Waals surface area contributed by atoms with Gasteiger partial charge in [-0.05, 0) is 25.3 Å². The van der Waals surface area contributed by atoms with E-state index in [0.29, 0.717) is 6.42 Å². The molecule has 2 bridgehead atoms. The molecule has 4 saturated heterocycles. The number of carbonyl (C=O) groups excluding carboxylic acids is 3. The number of esters is 3. The fourth-order valence-electron chi connectivity index (χ4n) is 11.9. The highest BCUT2D eigenvalue weighted by Crippen LogP contribution is 2.82. The molecule has 0 radical (unpaired) electrons. The molecule has 47 heavy (non-hydrogen) atoms. The average molecular weight is 665 g/mol. The SMILES string of the molecule is COC(=O)[C@@]12CO[C@H]3[C@@H](O)[C@@](C)([C@]45O[C@@]4(C)[C@H]4C[C@@H]5O[C@@H]5OC=C[C@@]54O)[C@@H]4[C@@H](O)OC[C@]4([C@@H](OC(=O)CC(C)C)C[C@H]1OC(C)=O)[C@@H]32. The molecular weight excluding hydrogens is 620 g/mol. The Hall–Kier alpha value is -2.33. The molecule has 260 valence electrons. The van der Waals surface area contributed by atoms with Gasteiger partial charge in [-0.3, -0.25) is 14.4 Å². The Bertz CT molecular complexity index is 1430. The van der Waals surface area contributed by atoms with E-state index < -0.39 is 112 Å². The van der Waals surface area contributed by atoms with E-state index in [1.165, 1.54) is 20.3 Å². The fourth-order valence-corrected chi connectivity index (χ4v) is 11.9. The average Bonchev–Trinajstić information content (AvgIpc) is 3.39. The molecule has 1 spiro atoms. The zero-order valence-electron chi connectivity index (χ0n) is 27.4. The van der Waals surface area contributed by atoms with Crippen molar-refractivity contribution in [2.24, 2.45) is 39.9 Å². The topological polar surface area (TPSA) is 189 Å². The molecular formula is C33H44O14. The first kappa shape index (κ1) is 31.9. The summed E-state index contributed by atoms with van der Waals surface area (Å²) in [6.45, 7) is 8.26. The summed E-state index contributed by atoms with van der Waals surface area (Å²) < 4.78 is 48.8. The first-order chi connectivity index (χ1) is 22.1. The van der Waals surface area contributed by atoms with Crippen molar-refractivity contribution < 1.29 is 67.6 Å². The molecule has 0 unspecified atom stereocenters. The fraction of sp³-hybridized carbons (Fsp3) is 0.848. The van der Waals surface area contributed by atoms with Crippen molar-refractivity contribution in [3.05, 3.63) is 12.3 Å². The predicted octanol–water partition coefficient (Wildman–Crippen LogP) is 0.334. The molecule has 5 heterocycles. The smallest absolute Gasteiger partial charge is 0.318 e. The second-order valence-corrected chi connectivity index (χ2v) is 15.7. The molecule has 14 nitrogen and oxygen atoms in total. The zero-order chi connectivity index (χ0) is 33.7. The lowest BCUT2D eigenvalue weighted by atomic mass is 9.38. The molecule has 3 saturated carbocycles. The molecule has 0 amide bonds. The summed E-state index contributed by atoms with van der Waals surface area (Å²) in [6.07, 6.45) is -4.42. The first-order valence-corrected chi connectivity index (χ1v) is 16.5. The number of methoxy groups -OCH3 is 1. The molecule has 0 aromatic rings. The van der Waals surface area contributed by atoms with Crippen LogP contribution in [0.15, 0.2) is 12.3 Å². The standard InChI is InChI=1S/C33H44O14/c1-14(2)9-20(35)45-17-11-18(44-15(3)34)31(26(38)40-6)13-42-21-22(31)30(17)12-43-25(37)23(30)28(4,24(21)36)33-19-10-16(29(33,5)47-33)32(39)7-8-41-27(32)46-19/h7-8,14,16-19,21-25,27,36-37,39H,9-13H2,1-6H3/t16-,17+,18-,19+,21-,22-,23+,24-,25+,27+,28+,29+,30+,31+,32+,33+/m1/s1. The third-order valence-electron chi connectivity index (χ3n) is 13.4. The monoisotopic (exact) mass is 664 g/mol. The van der Waals surface area contributed by atoms with Gasteiger partial charge in [-0.25, -0.2) is 0 Å². The largest absolute Gasteiger partial charge is 0.469 e. The lowest BCUT2D eigenvalue weighted by Gasteiger charge is -2.65. The number of rotatable bonds is 6. The molecule has 7 fully saturated rings. The van der Waals surface area contributed by atoms with Gasteiger partial charge in [0.2, 0.25) is 6.29 Å². The minimum atomic E-state index is -1.61. The van der Waals surface area contributed by atoms with Crippen LogP contribution in [0.3, 0.4) is 0 Å². The van der Waals surface area contributed by atoms with Gasteiger partial charge in [0.25, 0.3) is 0 Å². The van der Waals surface area contributed by atoms with Gasteiger partial charge in [0, 0.05) is 48.3 Å². The van der Waals surface area contributed by atoms with Crippen LogP contribution in [0, 0.1) is 39.9 Å². The van der Waals surface area contributed by atoms with Gasteiger partial charge in [-0.15, -0.1) is 0 Å². The summed E-state index contributed by atoms with van der Waals surface area (Å²) >= 11 is 0. The molecule has 0 aromatic carbocycles. The van der Waals surface area contributed by atoms with Crippen LogP contribution in [0.2, 0.25) is 0 Å². The van der Waals surface area contributed by atoms with Crippen molar-refractivity contribution in [2.45, 2.75) is 114 Å². The summed E-state index contributed by atoms with van der Waals surface area (Å²) in [5.41, 5.74) is -8.17. The Labute approximate surface area is 271 Å². The quantitative estimate of drug-likeness (QED) is 0.200. The van der Waals surface area contributed by atoms with Crippen molar-refractivity contribution in [3.63, 3.8) is 0 Å². The van der Waals surface area contributed by atoms with Gasteiger partial charge in [0.05, 0.1) is 44.9 Å². The Morgan fingerprint density at radius 3 is 2.45 bits per heavy atom. The molecule has 8 aliphatic rings. The summed E-state index contributed by atoms with van der Waals surface area (Å²) in [5, 5.41) is 36.4. The van der Waals surface area contributed by atoms with Crippen molar-refractivity contribution in [3.8, 4) is 0 Å². The Balaban J connectivity index is 1.32. The van der Waals surface area contributed by atoms with Crippen molar-refractivity contribution in [1.29, 1.82) is 0 Å². The number of fused-ring (bicyclic) bond motifs is 7. The number of hydrogen-bond donors (Lipinski definition) is 3. The van der Waals surface area contributed by atoms with Crippen molar-refractivity contribution in [2.75, 3.05) is 20.3 Å². The molecule has 0 aromatic heterocycles. The first-order valence-electron chi connectivity index (χ1n) is 16.5. The van der Waals surface area contributed by atoms with Crippen LogP contribution in [0.25, 0.3) is 0 Å². The number of epoxide rings is 1. The molecule has 8 rings (SSSR count). The molecule has 3 aliphatic carbocycles. The third kappa shape index (κ3) is 3.43. The minimum absolute atomic E-state index is 0.0276. The van der Waals surface area contributed by atoms with Crippen LogP contribution in [0.5, 0.6) is 0 Å². The van der Waals surface area contributed by atoms with E-state index in [4.69, 9.17) is 37.9 Å². The molecule has 3 N–H and O–H groups in total. The zero-order valence-corrected chi connectivity index (χ0v) is 27.4. The summed E-state index contributed by atoms with van der Waals surface area (Å²) in [5.74, 6) is -4.35. The number of ether oxygens (including phenoxy) is 8. The van der Waals surface area contributed by atoms with E-state index >= 15 is 0 Å². The highest BCUT2D eigenvalue weighted by Gasteiger charge is 2.95. The highest BCUT2D eigenvalue weighted by molar-refractivity contribution is 5.80. The lowest BCUT2D eigenvalue weighted by Crippen LogP contribution is -2.77. The maximum atomic E-state index is 14.0. The summed E-state index contributed by atoms with van der Waals surface area (Å²) in [6, 6.07) is 0. The van der Waals surface area contributed by atoms with Gasteiger partial charge >= 0.3 is 17.9 Å². The lowest BCUT2D eigenvalue weighted by molar-refractivity contribution is -0.302. The van der Waals surface area contributed by atoms with E-state index in [2.05, 4.69) is 0 Å². The highest BCUT2D eigenvalue weighted by atomic mass is 16.7. The summed E-state index contributed by atoms with van der Waals surface area (Å²) in [4.78, 5) is 39.9. The molecule has 14 heteroatoms. The van der Waals surface area contributed by atoms with E-state index in [1.807, 2.05) is 20.8 Å². The Morgan fingerprint density at radius 1 is 1.02 bits per heavy atom. The van der Waals surface area contributed by atoms with Gasteiger partial charge in [0.15, 0.2) is 11.9 Å². The van der Waals surface area contributed by atoms with Crippen LogP contribution in [-0.4, -0.2) is 113 Å². The van der Waals surface area contributed by atoms with E-state index in [1.54, 1.807) is 13.0 Å². The number of hydrogen-bond acceptors (Lipinski definition) is 14.